The lowest BCUT2D eigenvalue weighted by molar-refractivity contribution is 0.768. The number of fused-ring (bicyclic) bond motifs is 6. The second-order valence-corrected chi connectivity index (χ2v) is 12.7. The Kier molecular flexibility index (Phi) is 5.94. The van der Waals surface area contributed by atoms with Gasteiger partial charge < -0.3 is 4.57 Å². The molecule has 0 saturated heterocycles. The summed E-state index contributed by atoms with van der Waals surface area (Å²) in [5.74, 6) is 0. The number of hydrogen-bond acceptors (Lipinski definition) is 0. The SMILES string of the molecule is Brc1ccc2c3ccccc3n(-c3ccc(-c4cccc5c4-c4ccccc4C5(c4ccccc4)c4ccccc4)cc3)c2c1. The molecule has 1 aliphatic rings. The number of hydrogen-bond donors (Lipinski definition) is 0. The van der Waals surface area contributed by atoms with Crippen LogP contribution in [0.4, 0.5) is 0 Å². The van der Waals surface area contributed by atoms with Crippen LogP contribution in [0, 0.1) is 0 Å². The zero-order valence-electron chi connectivity index (χ0n) is 24.5. The maximum absolute atomic E-state index is 3.71. The average molecular weight is 639 g/mol. The van der Waals surface area contributed by atoms with E-state index in [9.17, 15) is 0 Å². The van der Waals surface area contributed by atoms with Crippen LogP contribution in [0.2, 0.25) is 0 Å². The van der Waals surface area contributed by atoms with Crippen LogP contribution in [0.3, 0.4) is 0 Å². The molecule has 1 nitrogen and oxygen atoms in total. The van der Waals surface area contributed by atoms with Crippen LogP contribution in [-0.4, -0.2) is 4.57 Å². The summed E-state index contributed by atoms with van der Waals surface area (Å²) in [5.41, 5.74) is 13.5. The van der Waals surface area contributed by atoms with Crippen molar-refractivity contribution in [1.29, 1.82) is 0 Å². The molecule has 0 fully saturated rings. The highest BCUT2D eigenvalue weighted by Crippen LogP contribution is 2.58. The number of halogens is 1. The lowest BCUT2D eigenvalue weighted by Crippen LogP contribution is -2.28. The molecule has 0 bridgehead atoms. The first kappa shape index (κ1) is 26.2. The minimum absolute atomic E-state index is 0.402. The Morgan fingerprint density at radius 2 is 1.04 bits per heavy atom. The normalized spacial score (nSPS) is 13.2. The molecule has 2 heteroatoms. The third-order valence-electron chi connectivity index (χ3n) is 9.55. The van der Waals surface area contributed by atoms with Crippen LogP contribution in [0.15, 0.2) is 174 Å². The van der Waals surface area contributed by atoms with Crippen LogP contribution in [-0.2, 0) is 5.41 Å². The fourth-order valence-corrected chi connectivity index (χ4v) is 8.09. The molecule has 8 aromatic rings. The van der Waals surface area contributed by atoms with Gasteiger partial charge in [-0.15, -0.1) is 0 Å². The van der Waals surface area contributed by atoms with Crippen molar-refractivity contribution in [2.45, 2.75) is 5.41 Å². The molecule has 1 aromatic heterocycles. The number of nitrogens with zero attached hydrogens (tertiary/aromatic N) is 1. The fraction of sp³-hybridized carbons (Fsp3) is 0.0233. The van der Waals surface area contributed by atoms with Gasteiger partial charge in [-0.05, 0) is 74.8 Å². The predicted molar refractivity (Wildman–Crippen MR) is 191 cm³/mol. The Bertz CT molecular complexity index is 2330. The summed E-state index contributed by atoms with van der Waals surface area (Å²) < 4.78 is 3.45. The van der Waals surface area contributed by atoms with E-state index in [-0.39, 0.29) is 0 Å². The van der Waals surface area contributed by atoms with Crippen LogP contribution < -0.4 is 0 Å². The molecule has 0 spiro atoms. The zero-order chi connectivity index (χ0) is 30.0. The van der Waals surface area contributed by atoms with Crippen molar-refractivity contribution in [3.05, 3.63) is 197 Å². The van der Waals surface area contributed by atoms with E-state index >= 15 is 0 Å². The lowest BCUT2D eigenvalue weighted by Gasteiger charge is -2.34. The molecule has 1 heterocycles. The maximum atomic E-state index is 3.71. The van der Waals surface area contributed by atoms with Gasteiger partial charge in [-0.2, -0.15) is 0 Å². The molecule has 0 aliphatic heterocycles. The molecule has 7 aromatic carbocycles. The van der Waals surface area contributed by atoms with Gasteiger partial charge in [0.15, 0.2) is 0 Å². The summed E-state index contributed by atoms with van der Waals surface area (Å²) in [7, 11) is 0. The second kappa shape index (κ2) is 10.2. The molecule has 1 aliphatic carbocycles. The summed E-state index contributed by atoms with van der Waals surface area (Å²) in [6, 6.07) is 62.2. The van der Waals surface area contributed by atoms with Crippen molar-refractivity contribution in [3.63, 3.8) is 0 Å². The number of aromatic nitrogens is 1. The summed E-state index contributed by atoms with van der Waals surface area (Å²) in [4.78, 5) is 0. The van der Waals surface area contributed by atoms with Crippen LogP contribution in [0.25, 0.3) is 49.7 Å². The number of para-hydroxylation sites is 1. The Balaban J connectivity index is 1.27. The van der Waals surface area contributed by atoms with Crippen LogP contribution in [0.5, 0.6) is 0 Å². The van der Waals surface area contributed by atoms with E-state index < -0.39 is 5.41 Å². The Labute approximate surface area is 271 Å². The Hall–Kier alpha value is -5.18. The van der Waals surface area contributed by atoms with Gasteiger partial charge in [0, 0.05) is 20.9 Å². The van der Waals surface area contributed by atoms with E-state index in [1.54, 1.807) is 0 Å². The van der Waals surface area contributed by atoms with E-state index in [0.29, 0.717) is 0 Å². The Morgan fingerprint density at radius 3 is 1.80 bits per heavy atom. The zero-order valence-corrected chi connectivity index (χ0v) is 26.1. The molecule has 0 saturated carbocycles. The van der Waals surface area contributed by atoms with Crippen LogP contribution >= 0.6 is 15.9 Å². The molecule has 212 valence electrons. The van der Waals surface area contributed by atoms with Crippen molar-refractivity contribution in [3.8, 4) is 27.9 Å². The van der Waals surface area contributed by atoms with Crippen molar-refractivity contribution in [2.24, 2.45) is 0 Å². The van der Waals surface area contributed by atoms with Crippen molar-refractivity contribution in [1.82, 2.24) is 4.57 Å². The van der Waals surface area contributed by atoms with Crippen molar-refractivity contribution >= 4 is 37.7 Å². The number of rotatable bonds is 4. The fourth-order valence-electron chi connectivity index (χ4n) is 7.75. The number of benzene rings is 7. The van der Waals surface area contributed by atoms with Crippen molar-refractivity contribution < 1.29 is 0 Å². The van der Waals surface area contributed by atoms with Crippen molar-refractivity contribution in [2.75, 3.05) is 0 Å². The standard InChI is InChI=1S/C43H28BrN/c44-32-24-27-36-35-16-8-10-21-40(35)45(41(36)28-32)33-25-22-29(23-26-33)34-18-11-20-39-42(34)37-17-7-9-19-38(37)43(39,30-12-3-1-4-13-30)31-14-5-2-6-15-31/h1-28H. The molecule has 0 unspecified atom stereocenters. The van der Waals surface area contributed by atoms with Gasteiger partial charge in [0.1, 0.15) is 0 Å². The van der Waals surface area contributed by atoms with Gasteiger partial charge in [0.05, 0.1) is 16.4 Å². The van der Waals surface area contributed by atoms with E-state index in [4.69, 9.17) is 0 Å². The maximum Gasteiger partial charge on any atom is 0.0713 e. The van der Waals surface area contributed by atoms with E-state index in [1.165, 1.54) is 66.3 Å². The Morgan fingerprint density at radius 1 is 0.444 bits per heavy atom. The molecule has 0 N–H and O–H groups in total. The quantitative estimate of drug-likeness (QED) is 0.181. The minimum atomic E-state index is -0.402. The largest absolute Gasteiger partial charge is 0.309 e. The average Bonchev–Trinajstić information content (AvgIpc) is 3.59. The molecule has 0 radical (unpaired) electrons. The summed E-state index contributed by atoms with van der Waals surface area (Å²) in [6.07, 6.45) is 0. The molecular weight excluding hydrogens is 610 g/mol. The van der Waals surface area contributed by atoms with Crippen LogP contribution in [0.1, 0.15) is 22.3 Å². The van der Waals surface area contributed by atoms with Gasteiger partial charge in [-0.1, -0.05) is 155 Å². The predicted octanol–water partition coefficient (Wildman–Crippen LogP) is 11.6. The van der Waals surface area contributed by atoms with Gasteiger partial charge in [-0.3, -0.25) is 0 Å². The highest BCUT2D eigenvalue weighted by molar-refractivity contribution is 9.10. The van der Waals surface area contributed by atoms with Gasteiger partial charge in [0.25, 0.3) is 0 Å². The molecule has 9 rings (SSSR count). The molecule has 45 heavy (non-hydrogen) atoms. The second-order valence-electron chi connectivity index (χ2n) is 11.8. The monoisotopic (exact) mass is 637 g/mol. The van der Waals surface area contributed by atoms with E-state index in [1.807, 2.05) is 0 Å². The third kappa shape index (κ3) is 3.79. The van der Waals surface area contributed by atoms with Gasteiger partial charge >= 0.3 is 0 Å². The van der Waals surface area contributed by atoms with E-state index in [0.717, 1.165) is 10.2 Å². The molecular formula is C43H28BrN. The molecule has 0 atom stereocenters. The first-order chi connectivity index (χ1) is 22.2. The summed E-state index contributed by atoms with van der Waals surface area (Å²) in [6.45, 7) is 0. The van der Waals surface area contributed by atoms with Gasteiger partial charge in [0.2, 0.25) is 0 Å². The lowest BCUT2D eigenvalue weighted by atomic mass is 9.67. The smallest absolute Gasteiger partial charge is 0.0713 e. The first-order valence-electron chi connectivity index (χ1n) is 15.4. The minimum Gasteiger partial charge on any atom is -0.309 e. The topological polar surface area (TPSA) is 4.93 Å². The first-order valence-corrected chi connectivity index (χ1v) is 16.2. The third-order valence-corrected chi connectivity index (χ3v) is 10.0. The highest BCUT2D eigenvalue weighted by Gasteiger charge is 2.46. The summed E-state index contributed by atoms with van der Waals surface area (Å²) >= 11 is 3.71. The van der Waals surface area contributed by atoms with E-state index in [2.05, 4.69) is 190 Å². The van der Waals surface area contributed by atoms with Gasteiger partial charge in [-0.25, -0.2) is 0 Å². The summed E-state index contributed by atoms with van der Waals surface area (Å²) in [5, 5.41) is 2.52. The highest BCUT2D eigenvalue weighted by atomic mass is 79.9. The molecule has 0 amide bonds.